The fourth-order valence-corrected chi connectivity index (χ4v) is 5.47. The molecule has 3 aromatic carbocycles. The number of nitrogens with one attached hydrogen (secondary N) is 2. The summed E-state index contributed by atoms with van der Waals surface area (Å²) in [7, 11) is 0. The zero-order valence-corrected chi connectivity index (χ0v) is 19.8. The molecule has 6 heteroatoms. The second kappa shape index (κ2) is 9.38. The van der Waals surface area contributed by atoms with E-state index in [0.717, 1.165) is 40.4 Å². The Morgan fingerprint density at radius 2 is 1.70 bits per heavy atom. The van der Waals surface area contributed by atoms with Crippen LogP contribution in [0, 0.1) is 0 Å². The summed E-state index contributed by atoms with van der Waals surface area (Å²) < 4.78 is 0. The Morgan fingerprint density at radius 1 is 1.00 bits per heavy atom. The lowest BCUT2D eigenvalue weighted by atomic mass is 9.91. The molecule has 1 unspecified atom stereocenters. The maximum atomic E-state index is 11.9. The molecule has 1 aliphatic carbocycles. The van der Waals surface area contributed by atoms with E-state index in [4.69, 9.17) is 11.6 Å². The van der Waals surface area contributed by atoms with Crippen LogP contribution < -0.4 is 10.6 Å². The standard InChI is InChI=1S/C27H24ClN3OS/c1-17(32)30-24-11-8-21(16-25(24)31-23-14-19-4-2-3-5-20(19)15-23)26(27-29-12-13-33-27)18-6-9-22(28)10-7-18/h2-13,16,23,26,31H,14-15H2,1H3,(H,30,32). The van der Waals surface area contributed by atoms with Crippen molar-refractivity contribution in [1.29, 1.82) is 0 Å². The van der Waals surface area contributed by atoms with Crippen molar-refractivity contribution in [2.75, 3.05) is 10.6 Å². The van der Waals surface area contributed by atoms with E-state index in [2.05, 4.69) is 64.1 Å². The summed E-state index contributed by atoms with van der Waals surface area (Å²) in [5, 5.41) is 10.4. The first-order valence-electron chi connectivity index (χ1n) is 11.0. The van der Waals surface area contributed by atoms with Crippen LogP contribution in [0.25, 0.3) is 0 Å². The topological polar surface area (TPSA) is 54.0 Å². The maximum Gasteiger partial charge on any atom is 0.221 e. The minimum absolute atomic E-state index is 0.0185. The third-order valence-corrected chi connectivity index (χ3v) is 7.09. The maximum absolute atomic E-state index is 11.9. The Labute approximate surface area is 202 Å². The van der Waals surface area contributed by atoms with E-state index in [1.807, 2.05) is 29.8 Å². The number of anilines is 2. The Kier molecular flexibility index (Phi) is 6.16. The molecule has 1 heterocycles. The molecule has 33 heavy (non-hydrogen) atoms. The van der Waals surface area contributed by atoms with Crippen molar-refractivity contribution in [3.8, 4) is 0 Å². The van der Waals surface area contributed by atoms with Crippen molar-refractivity contribution in [3.63, 3.8) is 0 Å². The molecule has 0 bridgehead atoms. The van der Waals surface area contributed by atoms with Crippen LogP contribution in [0.3, 0.4) is 0 Å². The minimum atomic E-state index is -0.0883. The van der Waals surface area contributed by atoms with E-state index in [1.165, 1.54) is 18.1 Å². The van der Waals surface area contributed by atoms with Gasteiger partial charge in [-0.15, -0.1) is 11.3 Å². The SMILES string of the molecule is CC(=O)Nc1ccc(C(c2ccc(Cl)cc2)c2nccs2)cc1NC1Cc2ccccc2C1. The summed E-state index contributed by atoms with van der Waals surface area (Å²) in [5.74, 6) is -0.107. The van der Waals surface area contributed by atoms with Gasteiger partial charge in [-0.1, -0.05) is 54.1 Å². The van der Waals surface area contributed by atoms with E-state index in [-0.39, 0.29) is 17.9 Å². The van der Waals surface area contributed by atoms with Crippen LogP contribution in [0.4, 0.5) is 11.4 Å². The van der Waals surface area contributed by atoms with Crippen LogP contribution in [0.2, 0.25) is 5.02 Å². The summed E-state index contributed by atoms with van der Waals surface area (Å²) in [5.41, 5.74) is 6.72. The molecule has 5 rings (SSSR count). The molecule has 0 spiro atoms. The number of hydrogen-bond donors (Lipinski definition) is 2. The summed E-state index contributed by atoms with van der Waals surface area (Å²) in [6.45, 7) is 1.54. The van der Waals surface area contributed by atoms with Gasteiger partial charge in [-0.05, 0) is 59.4 Å². The highest BCUT2D eigenvalue weighted by atomic mass is 35.5. The summed E-state index contributed by atoms with van der Waals surface area (Å²) in [4.78, 5) is 16.5. The third kappa shape index (κ3) is 4.80. The van der Waals surface area contributed by atoms with Gasteiger partial charge in [0.05, 0.1) is 17.3 Å². The van der Waals surface area contributed by atoms with Gasteiger partial charge in [0.25, 0.3) is 0 Å². The number of benzene rings is 3. The van der Waals surface area contributed by atoms with Crippen LogP contribution in [0.15, 0.2) is 78.3 Å². The largest absolute Gasteiger partial charge is 0.380 e. The number of thiazole rings is 1. The zero-order valence-electron chi connectivity index (χ0n) is 18.2. The van der Waals surface area contributed by atoms with Crippen molar-refractivity contribution in [3.05, 3.63) is 111 Å². The summed E-state index contributed by atoms with van der Waals surface area (Å²) in [6, 6.07) is 23.0. The van der Waals surface area contributed by atoms with Crippen LogP contribution in [0.5, 0.6) is 0 Å². The summed E-state index contributed by atoms with van der Waals surface area (Å²) >= 11 is 7.79. The van der Waals surface area contributed by atoms with Gasteiger partial charge in [0.1, 0.15) is 5.01 Å². The van der Waals surface area contributed by atoms with Crippen molar-refractivity contribution in [2.24, 2.45) is 0 Å². The molecule has 166 valence electrons. The molecular weight excluding hydrogens is 450 g/mol. The fourth-order valence-electron chi connectivity index (χ4n) is 4.55. The predicted octanol–water partition coefficient (Wildman–Crippen LogP) is 6.51. The lowest BCUT2D eigenvalue weighted by molar-refractivity contribution is -0.114. The average molecular weight is 474 g/mol. The molecule has 2 N–H and O–H groups in total. The molecule has 0 radical (unpaired) electrons. The number of amides is 1. The minimum Gasteiger partial charge on any atom is -0.380 e. The van der Waals surface area contributed by atoms with E-state index in [1.54, 1.807) is 11.3 Å². The number of aromatic nitrogens is 1. The molecule has 4 aromatic rings. The van der Waals surface area contributed by atoms with Gasteiger partial charge in [-0.3, -0.25) is 4.79 Å². The smallest absolute Gasteiger partial charge is 0.221 e. The monoisotopic (exact) mass is 473 g/mol. The Balaban J connectivity index is 1.52. The molecular formula is C27H24ClN3OS. The Bertz CT molecular complexity index is 1250. The first-order valence-corrected chi connectivity index (χ1v) is 12.2. The lowest BCUT2D eigenvalue weighted by Gasteiger charge is -2.22. The number of carbonyl (C=O) groups excluding carboxylic acids is 1. The molecule has 0 saturated carbocycles. The van der Waals surface area contributed by atoms with Crippen molar-refractivity contribution >= 4 is 40.2 Å². The second-order valence-corrected chi connectivity index (χ2v) is 9.72. The van der Waals surface area contributed by atoms with Crippen LogP contribution in [-0.4, -0.2) is 16.9 Å². The highest BCUT2D eigenvalue weighted by Gasteiger charge is 2.24. The van der Waals surface area contributed by atoms with Gasteiger partial charge in [-0.2, -0.15) is 0 Å². The first kappa shape index (κ1) is 21.7. The third-order valence-electron chi connectivity index (χ3n) is 6.00. The Morgan fingerprint density at radius 3 is 2.33 bits per heavy atom. The van der Waals surface area contributed by atoms with Gasteiger partial charge in [0.2, 0.25) is 5.91 Å². The van der Waals surface area contributed by atoms with Crippen LogP contribution in [0.1, 0.15) is 40.1 Å². The molecule has 0 saturated heterocycles. The van der Waals surface area contributed by atoms with Gasteiger partial charge in [-0.25, -0.2) is 4.98 Å². The predicted molar refractivity (Wildman–Crippen MR) is 137 cm³/mol. The average Bonchev–Trinajstić information content (AvgIpc) is 3.46. The van der Waals surface area contributed by atoms with E-state index < -0.39 is 0 Å². The zero-order chi connectivity index (χ0) is 22.8. The number of hydrogen-bond acceptors (Lipinski definition) is 4. The van der Waals surface area contributed by atoms with E-state index >= 15 is 0 Å². The first-order chi connectivity index (χ1) is 16.1. The van der Waals surface area contributed by atoms with Crippen molar-refractivity contribution in [1.82, 2.24) is 4.98 Å². The summed E-state index contributed by atoms with van der Waals surface area (Å²) in [6.07, 6.45) is 3.77. The van der Waals surface area contributed by atoms with Crippen LogP contribution >= 0.6 is 22.9 Å². The van der Waals surface area contributed by atoms with Crippen LogP contribution in [-0.2, 0) is 17.6 Å². The molecule has 0 fully saturated rings. The fraction of sp³-hybridized carbons (Fsp3) is 0.185. The number of carbonyl (C=O) groups is 1. The molecule has 1 aliphatic rings. The Hall–Kier alpha value is -3.15. The number of rotatable bonds is 6. The van der Waals surface area contributed by atoms with Gasteiger partial charge >= 0.3 is 0 Å². The number of nitrogens with zero attached hydrogens (tertiary/aromatic N) is 1. The highest BCUT2D eigenvalue weighted by molar-refractivity contribution is 7.09. The van der Waals surface area contributed by atoms with E-state index in [0.29, 0.717) is 5.02 Å². The quantitative estimate of drug-likeness (QED) is 0.335. The second-order valence-electron chi connectivity index (χ2n) is 8.36. The molecule has 1 aromatic heterocycles. The van der Waals surface area contributed by atoms with Crippen molar-refractivity contribution in [2.45, 2.75) is 31.7 Å². The molecule has 1 atom stereocenters. The highest BCUT2D eigenvalue weighted by Crippen LogP contribution is 2.37. The van der Waals surface area contributed by atoms with Gasteiger partial charge in [0, 0.05) is 29.6 Å². The molecule has 4 nitrogen and oxygen atoms in total. The molecule has 1 amide bonds. The number of fused-ring (bicyclic) bond motifs is 1. The number of halogens is 1. The lowest BCUT2D eigenvalue weighted by Crippen LogP contribution is -2.21. The molecule has 0 aliphatic heterocycles. The normalized spacial score (nSPS) is 14.0. The van der Waals surface area contributed by atoms with Crippen molar-refractivity contribution < 1.29 is 4.79 Å². The van der Waals surface area contributed by atoms with Gasteiger partial charge in [0.15, 0.2) is 0 Å². The van der Waals surface area contributed by atoms with E-state index in [9.17, 15) is 4.79 Å². The van der Waals surface area contributed by atoms with Gasteiger partial charge < -0.3 is 10.6 Å².